The van der Waals surface area contributed by atoms with Crippen molar-refractivity contribution in [1.29, 1.82) is 0 Å². The molecule has 0 atom stereocenters. The van der Waals surface area contributed by atoms with Crippen LogP contribution >= 0.6 is 11.3 Å². The van der Waals surface area contributed by atoms with Gasteiger partial charge in [0.2, 0.25) is 10.0 Å². The number of hydrogen-bond acceptors (Lipinski definition) is 4. The van der Waals surface area contributed by atoms with Crippen molar-refractivity contribution in [2.45, 2.75) is 6.42 Å². The topological polar surface area (TPSA) is 74.8 Å². The van der Waals surface area contributed by atoms with Gasteiger partial charge in [0, 0.05) is 18.7 Å². The summed E-state index contributed by atoms with van der Waals surface area (Å²) in [5.74, 6) is 0. The summed E-state index contributed by atoms with van der Waals surface area (Å²) in [6.07, 6.45) is 3.38. The first-order valence-electron chi connectivity index (χ1n) is 5.07. The number of sulfonamides is 1. The van der Waals surface area contributed by atoms with E-state index in [1.54, 1.807) is 17.7 Å². The molecule has 92 valence electrons. The number of thiophene rings is 1. The van der Waals surface area contributed by atoms with Crippen molar-refractivity contribution < 1.29 is 8.42 Å². The predicted octanol–water partition coefficient (Wildman–Crippen LogP) is 1.23. The van der Waals surface area contributed by atoms with E-state index in [0.717, 1.165) is 22.5 Å². The average molecular weight is 271 g/mol. The third-order valence-corrected chi connectivity index (χ3v) is 3.82. The largest absolute Gasteiger partial charge is 0.348 e. The Labute approximate surface area is 104 Å². The molecule has 2 aromatic heterocycles. The molecule has 0 saturated carbocycles. The third kappa shape index (κ3) is 3.39. The molecule has 0 fully saturated rings. The van der Waals surface area contributed by atoms with Gasteiger partial charge in [0.1, 0.15) is 5.69 Å². The predicted molar refractivity (Wildman–Crippen MR) is 68.5 cm³/mol. The second kappa shape index (κ2) is 4.99. The molecule has 17 heavy (non-hydrogen) atoms. The van der Waals surface area contributed by atoms with E-state index in [4.69, 9.17) is 0 Å². The van der Waals surface area contributed by atoms with E-state index in [9.17, 15) is 8.42 Å². The lowest BCUT2D eigenvalue weighted by Gasteiger charge is -2.02. The van der Waals surface area contributed by atoms with Gasteiger partial charge in [-0.2, -0.15) is 0 Å². The van der Waals surface area contributed by atoms with Crippen LogP contribution in [0.25, 0.3) is 10.6 Å². The Bertz CT molecular complexity index is 572. The molecular weight excluding hydrogens is 258 g/mol. The summed E-state index contributed by atoms with van der Waals surface area (Å²) in [7, 11) is -3.13. The van der Waals surface area contributed by atoms with Crippen molar-refractivity contribution in [2.75, 3.05) is 12.8 Å². The number of nitrogens with zero attached hydrogens (tertiary/aromatic N) is 1. The van der Waals surface area contributed by atoms with E-state index in [1.807, 2.05) is 17.5 Å². The van der Waals surface area contributed by atoms with E-state index in [-0.39, 0.29) is 0 Å². The monoisotopic (exact) mass is 271 g/mol. The fourth-order valence-corrected chi connectivity index (χ4v) is 2.72. The van der Waals surface area contributed by atoms with Gasteiger partial charge >= 0.3 is 0 Å². The van der Waals surface area contributed by atoms with Crippen LogP contribution in [0.1, 0.15) is 5.69 Å². The Balaban J connectivity index is 2.05. The number of hydrogen-bond donors (Lipinski definition) is 2. The van der Waals surface area contributed by atoms with Gasteiger partial charge in [0.25, 0.3) is 0 Å². The minimum Gasteiger partial charge on any atom is -0.348 e. The second-order valence-corrected chi connectivity index (χ2v) is 6.40. The van der Waals surface area contributed by atoms with Crippen LogP contribution < -0.4 is 4.72 Å². The molecule has 2 rings (SSSR count). The maximum atomic E-state index is 10.9. The number of aromatic amines is 1. The van der Waals surface area contributed by atoms with Gasteiger partial charge in [-0.25, -0.2) is 18.1 Å². The van der Waals surface area contributed by atoms with Crippen molar-refractivity contribution >= 4 is 21.4 Å². The molecule has 0 amide bonds. The maximum absolute atomic E-state index is 10.9. The molecule has 0 bridgehead atoms. The molecule has 7 heteroatoms. The molecule has 0 aliphatic rings. The lowest BCUT2D eigenvalue weighted by atomic mass is 10.2. The summed E-state index contributed by atoms with van der Waals surface area (Å²) < 4.78 is 24.3. The zero-order chi connectivity index (χ0) is 12.3. The minimum atomic E-state index is -3.13. The van der Waals surface area contributed by atoms with Gasteiger partial charge in [-0.05, 0) is 11.4 Å². The Morgan fingerprint density at radius 3 is 3.00 bits per heavy atom. The van der Waals surface area contributed by atoms with Gasteiger partial charge in [0.05, 0.1) is 17.5 Å². The summed E-state index contributed by atoms with van der Waals surface area (Å²) in [5.41, 5.74) is 1.85. The molecule has 0 radical (unpaired) electrons. The minimum absolute atomic E-state index is 0.374. The fraction of sp³-hybridized carbons (Fsp3) is 0.300. The molecule has 0 aliphatic heterocycles. The quantitative estimate of drug-likeness (QED) is 0.859. The van der Waals surface area contributed by atoms with E-state index < -0.39 is 10.0 Å². The van der Waals surface area contributed by atoms with Crippen LogP contribution in [-0.2, 0) is 16.4 Å². The lowest BCUT2D eigenvalue weighted by molar-refractivity contribution is 0.587. The van der Waals surface area contributed by atoms with Crippen LogP contribution in [0.2, 0.25) is 0 Å². The second-order valence-electron chi connectivity index (χ2n) is 3.62. The van der Waals surface area contributed by atoms with Gasteiger partial charge in [-0.3, -0.25) is 0 Å². The van der Waals surface area contributed by atoms with Crippen LogP contribution in [0, 0.1) is 0 Å². The third-order valence-electron chi connectivity index (χ3n) is 2.21. The number of rotatable bonds is 5. The molecule has 0 aromatic carbocycles. The Morgan fingerprint density at radius 2 is 2.35 bits per heavy atom. The zero-order valence-corrected chi connectivity index (χ0v) is 10.9. The smallest absolute Gasteiger partial charge is 0.208 e. The Hall–Kier alpha value is -1.18. The van der Waals surface area contributed by atoms with Gasteiger partial charge in [-0.1, -0.05) is 6.07 Å². The summed E-state index contributed by atoms with van der Waals surface area (Å²) in [6.45, 7) is 0.374. The van der Waals surface area contributed by atoms with E-state index in [0.29, 0.717) is 13.0 Å². The lowest BCUT2D eigenvalue weighted by Crippen LogP contribution is -2.24. The highest BCUT2D eigenvalue weighted by Gasteiger charge is 2.09. The molecule has 0 saturated heterocycles. The number of nitrogens with one attached hydrogen (secondary N) is 2. The molecule has 0 unspecified atom stereocenters. The van der Waals surface area contributed by atoms with Crippen molar-refractivity contribution in [3.8, 4) is 10.6 Å². The van der Waals surface area contributed by atoms with Crippen LogP contribution in [0.5, 0.6) is 0 Å². The van der Waals surface area contributed by atoms with Gasteiger partial charge in [0.15, 0.2) is 0 Å². The molecule has 0 spiro atoms. The average Bonchev–Trinajstić information content (AvgIpc) is 2.82. The van der Waals surface area contributed by atoms with Crippen LogP contribution in [-0.4, -0.2) is 31.2 Å². The molecule has 5 nitrogen and oxygen atoms in total. The fourth-order valence-electron chi connectivity index (χ4n) is 1.50. The first kappa shape index (κ1) is 12.3. The highest BCUT2D eigenvalue weighted by atomic mass is 32.2. The Morgan fingerprint density at radius 1 is 1.53 bits per heavy atom. The number of imidazole rings is 1. The first-order valence-corrected chi connectivity index (χ1v) is 7.84. The number of H-pyrrole nitrogens is 1. The Kier molecular flexibility index (Phi) is 3.60. The van der Waals surface area contributed by atoms with E-state index in [2.05, 4.69) is 14.7 Å². The van der Waals surface area contributed by atoms with Gasteiger partial charge in [-0.15, -0.1) is 11.3 Å². The van der Waals surface area contributed by atoms with Crippen molar-refractivity contribution in [3.05, 3.63) is 29.5 Å². The summed E-state index contributed by atoms with van der Waals surface area (Å²) in [5, 5.41) is 1.99. The van der Waals surface area contributed by atoms with Crippen LogP contribution in [0.4, 0.5) is 0 Å². The molecule has 2 N–H and O–H groups in total. The van der Waals surface area contributed by atoms with Crippen LogP contribution in [0.15, 0.2) is 23.8 Å². The van der Waals surface area contributed by atoms with Crippen molar-refractivity contribution in [2.24, 2.45) is 0 Å². The number of aromatic nitrogens is 2. The summed E-state index contributed by atoms with van der Waals surface area (Å²) in [6, 6.07) is 3.96. The van der Waals surface area contributed by atoms with E-state index in [1.165, 1.54) is 0 Å². The van der Waals surface area contributed by atoms with Crippen LogP contribution in [0.3, 0.4) is 0 Å². The standard InChI is InChI=1S/C10H13N3O2S2/c1-17(14,15)13-5-4-8-10(12-7-11-8)9-3-2-6-16-9/h2-3,6-7,13H,4-5H2,1H3,(H,11,12). The molecule has 0 aliphatic carbocycles. The molecule has 2 aromatic rings. The highest BCUT2D eigenvalue weighted by Crippen LogP contribution is 2.25. The van der Waals surface area contributed by atoms with Crippen molar-refractivity contribution in [1.82, 2.24) is 14.7 Å². The molecular formula is C10H13N3O2S2. The summed E-state index contributed by atoms with van der Waals surface area (Å²) in [4.78, 5) is 8.38. The van der Waals surface area contributed by atoms with Crippen molar-refractivity contribution in [3.63, 3.8) is 0 Å². The van der Waals surface area contributed by atoms with E-state index >= 15 is 0 Å². The molecule has 2 heterocycles. The first-order chi connectivity index (χ1) is 8.06. The zero-order valence-electron chi connectivity index (χ0n) is 9.30. The summed E-state index contributed by atoms with van der Waals surface area (Å²) >= 11 is 1.61. The normalized spacial score (nSPS) is 11.8. The SMILES string of the molecule is CS(=O)(=O)NCCc1[nH]cnc1-c1cccs1. The highest BCUT2D eigenvalue weighted by molar-refractivity contribution is 7.88. The maximum Gasteiger partial charge on any atom is 0.208 e. The van der Waals surface area contributed by atoms with Gasteiger partial charge < -0.3 is 4.98 Å².